The van der Waals surface area contributed by atoms with Crippen molar-refractivity contribution in [1.82, 2.24) is 0 Å². The van der Waals surface area contributed by atoms with Gasteiger partial charge in [-0.15, -0.1) is 0 Å². The molecule has 0 aromatic carbocycles. The Morgan fingerprint density at radius 2 is 2.00 bits per heavy atom. The van der Waals surface area contributed by atoms with Crippen molar-refractivity contribution in [3.63, 3.8) is 0 Å². The van der Waals surface area contributed by atoms with Crippen LogP contribution in [0.15, 0.2) is 0 Å². The molecule has 0 bridgehead atoms. The van der Waals surface area contributed by atoms with E-state index in [4.69, 9.17) is 5.73 Å². The third-order valence-electron chi connectivity index (χ3n) is 1.17. The quantitative estimate of drug-likeness (QED) is 0.556. The predicted molar refractivity (Wildman–Crippen MR) is 37.2 cm³/mol. The first-order valence-corrected chi connectivity index (χ1v) is 3.35. The van der Waals surface area contributed by atoms with Crippen LogP contribution in [0.4, 0.5) is 0 Å². The minimum Gasteiger partial charge on any atom is -0.324 e. The van der Waals surface area contributed by atoms with Gasteiger partial charge in [0.2, 0.25) is 0 Å². The third kappa shape index (κ3) is 5.96. The number of unbranched alkanes of at least 4 members (excludes halogenated alkanes) is 2. The summed E-state index contributed by atoms with van der Waals surface area (Å²) in [4.78, 5) is 0. The van der Waals surface area contributed by atoms with Gasteiger partial charge in [-0.1, -0.05) is 26.2 Å². The second-order valence-corrected chi connectivity index (χ2v) is 2.30. The number of nitrogens with two attached hydrogens (primary N) is 1. The minimum atomic E-state index is 1.07. The molecular formula is C7H16N. The van der Waals surface area contributed by atoms with E-state index in [1.54, 1.807) is 0 Å². The van der Waals surface area contributed by atoms with E-state index < -0.39 is 0 Å². The first-order chi connectivity index (χ1) is 3.77. The minimum absolute atomic E-state index is 1.07. The molecular weight excluding hydrogens is 98.1 g/mol. The predicted octanol–water partition coefficient (Wildman–Crippen LogP) is 2.08. The van der Waals surface area contributed by atoms with Gasteiger partial charge in [0, 0.05) is 6.04 Å². The molecule has 1 heteroatoms. The topological polar surface area (TPSA) is 26.0 Å². The van der Waals surface area contributed by atoms with Crippen molar-refractivity contribution in [2.24, 2.45) is 5.73 Å². The molecule has 0 aromatic rings. The van der Waals surface area contributed by atoms with Gasteiger partial charge in [0.1, 0.15) is 0 Å². The van der Waals surface area contributed by atoms with Crippen molar-refractivity contribution in [3.8, 4) is 0 Å². The lowest BCUT2D eigenvalue weighted by molar-refractivity contribution is 0.669. The van der Waals surface area contributed by atoms with Crippen LogP contribution < -0.4 is 5.73 Å². The Morgan fingerprint density at radius 1 is 1.38 bits per heavy atom. The lowest BCUT2D eigenvalue weighted by Crippen LogP contribution is -2.03. The highest BCUT2D eigenvalue weighted by molar-refractivity contribution is 4.73. The highest BCUT2D eigenvalue weighted by Gasteiger charge is 1.91. The molecule has 0 saturated carbocycles. The van der Waals surface area contributed by atoms with Crippen LogP contribution in [0, 0.1) is 6.04 Å². The second-order valence-electron chi connectivity index (χ2n) is 2.30. The molecule has 0 unspecified atom stereocenters. The third-order valence-corrected chi connectivity index (χ3v) is 1.17. The maximum Gasteiger partial charge on any atom is 0.0305 e. The Bertz CT molecular complexity index is 41.7. The van der Waals surface area contributed by atoms with Gasteiger partial charge in [-0.2, -0.15) is 0 Å². The van der Waals surface area contributed by atoms with Crippen molar-refractivity contribution in [3.05, 3.63) is 6.04 Å². The molecule has 0 aliphatic rings. The highest BCUT2D eigenvalue weighted by atomic mass is 14.6. The van der Waals surface area contributed by atoms with Gasteiger partial charge in [-0.05, 0) is 13.3 Å². The summed E-state index contributed by atoms with van der Waals surface area (Å²) in [5.41, 5.74) is 5.45. The van der Waals surface area contributed by atoms with Gasteiger partial charge in [0.25, 0.3) is 0 Å². The maximum atomic E-state index is 5.45. The van der Waals surface area contributed by atoms with Gasteiger partial charge in [-0.25, -0.2) is 0 Å². The first kappa shape index (κ1) is 7.96. The summed E-state index contributed by atoms with van der Waals surface area (Å²) in [6, 6.07) is 1.07. The molecule has 0 heterocycles. The van der Waals surface area contributed by atoms with E-state index in [2.05, 4.69) is 6.92 Å². The van der Waals surface area contributed by atoms with Crippen LogP contribution in [-0.2, 0) is 0 Å². The average molecular weight is 114 g/mol. The largest absolute Gasteiger partial charge is 0.324 e. The first-order valence-electron chi connectivity index (χ1n) is 3.35. The van der Waals surface area contributed by atoms with E-state index >= 15 is 0 Å². The molecule has 0 spiro atoms. The van der Waals surface area contributed by atoms with E-state index in [0.29, 0.717) is 0 Å². The average Bonchev–Trinajstić information content (AvgIpc) is 1.66. The summed E-state index contributed by atoms with van der Waals surface area (Å²) in [7, 11) is 0. The summed E-state index contributed by atoms with van der Waals surface area (Å²) >= 11 is 0. The molecule has 0 aromatic heterocycles. The molecule has 0 rings (SSSR count). The SMILES string of the molecule is CCCCC[C](C)N. The molecule has 0 fully saturated rings. The van der Waals surface area contributed by atoms with Crippen molar-refractivity contribution < 1.29 is 0 Å². The number of rotatable bonds is 4. The van der Waals surface area contributed by atoms with Crippen LogP contribution >= 0.6 is 0 Å². The van der Waals surface area contributed by atoms with Crippen molar-refractivity contribution in [1.29, 1.82) is 0 Å². The number of hydrogen-bond acceptors (Lipinski definition) is 1. The zero-order valence-electron chi connectivity index (χ0n) is 5.91. The van der Waals surface area contributed by atoms with E-state index in [9.17, 15) is 0 Å². The Hall–Kier alpha value is -0.0400. The maximum absolute atomic E-state index is 5.45. The number of hydrogen-bond donors (Lipinski definition) is 1. The summed E-state index contributed by atoms with van der Waals surface area (Å²) in [5, 5.41) is 0. The van der Waals surface area contributed by atoms with E-state index in [-0.39, 0.29) is 0 Å². The molecule has 0 amide bonds. The van der Waals surface area contributed by atoms with Crippen molar-refractivity contribution in [2.75, 3.05) is 0 Å². The van der Waals surface area contributed by atoms with Crippen LogP contribution in [0.2, 0.25) is 0 Å². The van der Waals surface area contributed by atoms with E-state index in [1.165, 1.54) is 19.3 Å². The van der Waals surface area contributed by atoms with Gasteiger partial charge in [0.05, 0.1) is 0 Å². The van der Waals surface area contributed by atoms with Crippen LogP contribution in [0.25, 0.3) is 0 Å². The van der Waals surface area contributed by atoms with Crippen molar-refractivity contribution in [2.45, 2.75) is 39.5 Å². The van der Waals surface area contributed by atoms with Gasteiger partial charge >= 0.3 is 0 Å². The smallest absolute Gasteiger partial charge is 0.0305 e. The van der Waals surface area contributed by atoms with Crippen molar-refractivity contribution >= 4 is 0 Å². The fraction of sp³-hybridized carbons (Fsp3) is 0.857. The molecule has 0 aliphatic heterocycles. The molecule has 0 aliphatic carbocycles. The fourth-order valence-electron chi connectivity index (χ4n) is 0.654. The summed E-state index contributed by atoms with van der Waals surface area (Å²) in [6.45, 7) is 4.18. The zero-order chi connectivity index (χ0) is 6.41. The van der Waals surface area contributed by atoms with E-state index in [0.717, 1.165) is 12.5 Å². The Labute approximate surface area is 52.3 Å². The van der Waals surface area contributed by atoms with Crippen LogP contribution in [0.1, 0.15) is 39.5 Å². The molecule has 0 atom stereocenters. The van der Waals surface area contributed by atoms with E-state index in [1.807, 2.05) is 6.92 Å². The lowest BCUT2D eigenvalue weighted by Gasteiger charge is -2.00. The summed E-state index contributed by atoms with van der Waals surface area (Å²) in [5.74, 6) is 0. The zero-order valence-corrected chi connectivity index (χ0v) is 5.91. The van der Waals surface area contributed by atoms with Gasteiger partial charge in [0.15, 0.2) is 0 Å². The monoisotopic (exact) mass is 114 g/mol. The highest BCUT2D eigenvalue weighted by Crippen LogP contribution is 2.04. The molecule has 49 valence electrons. The summed E-state index contributed by atoms with van der Waals surface area (Å²) in [6.07, 6.45) is 4.97. The van der Waals surface area contributed by atoms with Gasteiger partial charge in [-0.3, -0.25) is 0 Å². The standard InChI is InChI=1S/C7H16N/c1-3-4-5-6-7(2)8/h3-6,8H2,1-2H3. The molecule has 8 heavy (non-hydrogen) atoms. The lowest BCUT2D eigenvalue weighted by atomic mass is 10.1. The fourth-order valence-corrected chi connectivity index (χ4v) is 0.654. The van der Waals surface area contributed by atoms with Crippen LogP contribution in [0.3, 0.4) is 0 Å². The Balaban J connectivity index is 2.72. The normalized spacial score (nSPS) is 10.5. The molecule has 0 saturated heterocycles. The second kappa shape index (κ2) is 5.10. The van der Waals surface area contributed by atoms with Gasteiger partial charge < -0.3 is 5.73 Å². The van der Waals surface area contributed by atoms with Crippen LogP contribution in [0.5, 0.6) is 0 Å². The molecule has 1 nitrogen and oxygen atoms in total. The Morgan fingerprint density at radius 3 is 2.38 bits per heavy atom. The molecule has 1 radical (unpaired) electrons. The Kier molecular flexibility index (Phi) is 5.08. The molecule has 2 N–H and O–H groups in total. The van der Waals surface area contributed by atoms with Crippen LogP contribution in [-0.4, -0.2) is 0 Å². The summed E-state index contributed by atoms with van der Waals surface area (Å²) < 4.78 is 0.